The molecule has 0 unspecified atom stereocenters. The Labute approximate surface area is 210 Å². The molecule has 0 aliphatic rings. The van der Waals surface area contributed by atoms with E-state index in [0.717, 1.165) is 16.8 Å². The van der Waals surface area contributed by atoms with Gasteiger partial charge >= 0.3 is 0 Å². The summed E-state index contributed by atoms with van der Waals surface area (Å²) >= 11 is 0. The monoisotopic (exact) mass is 488 g/mol. The number of fused-ring (bicyclic) bond motifs is 1. The zero-order valence-corrected chi connectivity index (χ0v) is 21.3. The Bertz CT molecular complexity index is 1420. The van der Waals surface area contributed by atoms with Crippen molar-refractivity contribution in [1.82, 2.24) is 19.5 Å². The van der Waals surface area contributed by atoms with Gasteiger partial charge in [0.2, 0.25) is 5.91 Å². The molecule has 2 heterocycles. The first-order valence-corrected chi connectivity index (χ1v) is 12.0. The summed E-state index contributed by atoms with van der Waals surface area (Å²) < 4.78 is 13.7. The van der Waals surface area contributed by atoms with Crippen molar-refractivity contribution in [3.05, 3.63) is 82.4 Å². The first-order valence-electron chi connectivity index (χ1n) is 12.0. The summed E-state index contributed by atoms with van der Waals surface area (Å²) in [6.07, 6.45) is 3.58. The number of carbonyl (C=O) groups excluding carboxylic acids is 1. The van der Waals surface area contributed by atoms with Crippen molar-refractivity contribution in [2.24, 2.45) is 0 Å². The van der Waals surface area contributed by atoms with Crippen LogP contribution in [0.3, 0.4) is 0 Å². The van der Waals surface area contributed by atoms with E-state index in [4.69, 9.17) is 9.47 Å². The van der Waals surface area contributed by atoms with E-state index in [0.29, 0.717) is 22.9 Å². The third-order valence-corrected chi connectivity index (χ3v) is 6.34. The number of amides is 1. The fraction of sp³-hybridized carbons (Fsp3) is 0.321. The highest BCUT2D eigenvalue weighted by Crippen LogP contribution is 2.30. The van der Waals surface area contributed by atoms with E-state index in [1.807, 2.05) is 37.3 Å². The Morgan fingerprint density at radius 2 is 1.64 bits per heavy atom. The highest BCUT2D eigenvalue weighted by atomic mass is 16.5. The number of aromatic nitrogens is 3. The van der Waals surface area contributed by atoms with Crippen molar-refractivity contribution in [3.8, 4) is 22.8 Å². The van der Waals surface area contributed by atoms with Crippen molar-refractivity contribution in [1.29, 1.82) is 0 Å². The molecule has 0 radical (unpaired) electrons. The minimum absolute atomic E-state index is 0.150. The van der Waals surface area contributed by atoms with E-state index in [-0.39, 0.29) is 30.5 Å². The fourth-order valence-electron chi connectivity index (χ4n) is 4.12. The summed E-state index contributed by atoms with van der Waals surface area (Å²) in [5, 5.41) is 7.54. The molecule has 8 nitrogen and oxygen atoms in total. The van der Waals surface area contributed by atoms with E-state index in [1.54, 1.807) is 41.8 Å². The summed E-state index contributed by atoms with van der Waals surface area (Å²) in [6, 6.07) is 15.3. The normalized spacial score (nSPS) is 12.1. The molecule has 0 aliphatic heterocycles. The van der Waals surface area contributed by atoms with Crippen molar-refractivity contribution >= 4 is 11.4 Å². The van der Waals surface area contributed by atoms with Crippen LogP contribution < -0.4 is 20.3 Å². The summed E-state index contributed by atoms with van der Waals surface area (Å²) in [7, 11) is 3.16. The molecule has 36 heavy (non-hydrogen) atoms. The number of aryl methyl sites for hydroxylation is 1. The molecule has 0 spiro atoms. The molecule has 188 valence electrons. The van der Waals surface area contributed by atoms with Gasteiger partial charge in [-0.1, -0.05) is 44.2 Å². The van der Waals surface area contributed by atoms with Gasteiger partial charge in [-0.05, 0) is 42.2 Å². The van der Waals surface area contributed by atoms with Crippen LogP contribution in [-0.2, 0) is 11.3 Å². The largest absolute Gasteiger partial charge is 0.493 e. The molecule has 1 N–H and O–H groups in total. The number of hydrogen-bond donors (Lipinski definition) is 1. The molecule has 0 fully saturated rings. The fourth-order valence-corrected chi connectivity index (χ4v) is 4.12. The molecule has 0 saturated carbocycles. The Morgan fingerprint density at radius 3 is 2.31 bits per heavy atom. The van der Waals surface area contributed by atoms with Crippen LogP contribution in [0.2, 0.25) is 0 Å². The summed E-state index contributed by atoms with van der Waals surface area (Å²) in [6.45, 7) is 6.47. The van der Waals surface area contributed by atoms with Crippen molar-refractivity contribution in [3.63, 3.8) is 0 Å². The Balaban J connectivity index is 1.43. The zero-order valence-electron chi connectivity index (χ0n) is 21.3. The maximum Gasteiger partial charge on any atom is 0.276 e. The van der Waals surface area contributed by atoms with Gasteiger partial charge < -0.3 is 19.4 Å². The summed E-state index contributed by atoms with van der Waals surface area (Å²) in [5.41, 5.74) is 4.13. The first kappa shape index (κ1) is 25.0. The summed E-state index contributed by atoms with van der Waals surface area (Å²) in [4.78, 5) is 25.7. The molecule has 2 aromatic carbocycles. The van der Waals surface area contributed by atoms with E-state index in [1.165, 1.54) is 5.56 Å². The Kier molecular flexibility index (Phi) is 7.43. The standard InChI is InChI=1S/C28H32N4O4/c1-18(2)20-6-8-21(9-7-20)23-17-24-28(34)31(14-15-32(24)30-23)13-12-27(33)29-19(3)22-10-11-25(35-4)26(16-22)36-5/h6-11,14-19H,12-13H2,1-5H3,(H,29,33)/t19-/m0/s1. The van der Waals surface area contributed by atoms with E-state index < -0.39 is 0 Å². The van der Waals surface area contributed by atoms with E-state index >= 15 is 0 Å². The molecule has 4 aromatic rings. The predicted octanol–water partition coefficient (Wildman–Crippen LogP) is 4.57. The lowest BCUT2D eigenvalue weighted by Gasteiger charge is -2.17. The molecule has 0 aliphatic carbocycles. The maximum absolute atomic E-state index is 13.0. The van der Waals surface area contributed by atoms with Crippen molar-refractivity contribution < 1.29 is 14.3 Å². The number of hydrogen-bond acceptors (Lipinski definition) is 5. The van der Waals surface area contributed by atoms with Gasteiger partial charge in [-0.3, -0.25) is 9.59 Å². The van der Waals surface area contributed by atoms with Gasteiger partial charge in [0.25, 0.3) is 5.56 Å². The Morgan fingerprint density at radius 1 is 0.944 bits per heavy atom. The quantitative estimate of drug-likeness (QED) is 0.373. The Hall–Kier alpha value is -4.07. The van der Waals surface area contributed by atoms with Crippen LogP contribution in [0.1, 0.15) is 50.3 Å². The number of nitrogens with one attached hydrogen (secondary N) is 1. The SMILES string of the molecule is COc1ccc([C@H](C)NC(=O)CCn2ccn3nc(-c4ccc(C(C)C)cc4)cc3c2=O)cc1OC. The third-order valence-electron chi connectivity index (χ3n) is 6.34. The average molecular weight is 489 g/mol. The van der Waals surface area contributed by atoms with Crippen molar-refractivity contribution in [2.75, 3.05) is 14.2 Å². The first-order chi connectivity index (χ1) is 17.3. The van der Waals surface area contributed by atoms with Gasteiger partial charge in [0.1, 0.15) is 5.52 Å². The van der Waals surface area contributed by atoms with E-state index in [9.17, 15) is 9.59 Å². The number of nitrogens with zero attached hydrogens (tertiary/aromatic N) is 3. The molecule has 0 bridgehead atoms. The van der Waals surface area contributed by atoms with Gasteiger partial charge in [-0.2, -0.15) is 5.10 Å². The van der Waals surface area contributed by atoms with Gasteiger partial charge in [-0.15, -0.1) is 0 Å². The van der Waals surface area contributed by atoms with Crippen LogP contribution in [0.5, 0.6) is 11.5 Å². The topological polar surface area (TPSA) is 86.9 Å². The second-order valence-corrected chi connectivity index (χ2v) is 9.09. The second-order valence-electron chi connectivity index (χ2n) is 9.09. The third kappa shape index (κ3) is 5.27. The molecule has 8 heteroatoms. The van der Waals surface area contributed by atoms with Crippen LogP contribution in [0.15, 0.2) is 65.7 Å². The minimum Gasteiger partial charge on any atom is -0.493 e. The number of rotatable bonds is 9. The van der Waals surface area contributed by atoms with Gasteiger partial charge in [0.15, 0.2) is 11.5 Å². The maximum atomic E-state index is 13.0. The molecule has 4 rings (SSSR count). The average Bonchev–Trinajstić information content (AvgIpc) is 3.33. The van der Waals surface area contributed by atoms with Gasteiger partial charge in [0, 0.05) is 30.9 Å². The van der Waals surface area contributed by atoms with Gasteiger partial charge in [-0.25, -0.2) is 4.52 Å². The van der Waals surface area contributed by atoms with Crippen LogP contribution in [-0.4, -0.2) is 34.3 Å². The van der Waals surface area contributed by atoms with Crippen molar-refractivity contribution in [2.45, 2.75) is 45.7 Å². The minimum atomic E-state index is -0.226. The molecule has 1 amide bonds. The molecular weight excluding hydrogens is 456 g/mol. The lowest BCUT2D eigenvalue weighted by Crippen LogP contribution is -2.29. The predicted molar refractivity (Wildman–Crippen MR) is 140 cm³/mol. The number of carbonyl (C=O) groups is 1. The lowest BCUT2D eigenvalue weighted by molar-refractivity contribution is -0.121. The molecule has 0 saturated heterocycles. The van der Waals surface area contributed by atoms with Crippen LogP contribution >= 0.6 is 0 Å². The lowest BCUT2D eigenvalue weighted by atomic mass is 10.0. The highest BCUT2D eigenvalue weighted by molar-refractivity contribution is 5.76. The molecule has 1 atom stereocenters. The second kappa shape index (κ2) is 10.7. The number of ether oxygens (including phenoxy) is 2. The number of methoxy groups -OCH3 is 2. The van der Waals surface area contributed by atoms with Crippen LogP contribution in [0.25, 0.3) is 16.8 Å². The molecular formula is C28H32N4O4. The smallest absolute Gasteiger partial charge is 0.276 e. The number of benzene rings is 2. The van der Waals surface area contributed by atoms with Gasteiger partial charge in [0.05, 0.1) is 26.0 Å². The van der Waals surface area contributed by atoms with E-state index in [2.05, 4.69) is 36.4 Å². The summed E-state index contributed by atoms with van der Waals surface area (Å²) in [5.74, 6) is 1.53. The molecule has 2 aromatic heterocycles. The van der Waals surface area contributed by atoms with Crippen LogP contribution in [0.4, 0.5) is 0 Å². The highest BCUT2D eigenvalue weighted by Gasteiger charge is 2.14. The zero-order chi connectivity index (χ0) is 25.8. The van der Waals surface area contributed by atoms with Crippen LogP contribution in [0, 0.1) is 0 Å².